The molecule has 0 aliphatic carbocycles. The fraction of sp³-hybridized carbons (Fsp3) is 0.467. The summed E-state index contributed by atoms with van der Waals surface area (Å²) in [5.41, 5.74) is 0.796. The Labute approximate surface area is 146 Å². The van der Waals surface area contributed by atoms with Crippen molar-refractivity contribution in [1.82, 2.24) is 9.62 Å². The van der Waals surface area contributed by atoms with E-state index in [1.165, 1.54) is 12.1 Å². The number of benzene rings is 1. The number of alkyl halides is 3. The maximum atomic E-state index is 13.1. The lowest BCUT2D eigenvalue weighted by Crippen LogP contribution is -2.34. The Morgan fingerprint density at radius 2 is 1.96 bits per heavy atom. The van der Waals surface area contributed by atoms with E-state index in [0.717, 1.165) is 6.07 Å². The smallest absolute Gasteiger partial charge is 0.393 e. The summed E-state index contributed by atoms with van der Waals surface area (Å²) in [6.07, 6.45) is -4.31. The van der Waals surface area contributed by atoms with Crippen molar-refractivity contribution in [3.8, 4) is 0 Å². The molecule has 26 heavy (non-hydrogen) atoms. The second-order valence-corrected chi connectivity index (χ2v) is 8.18. The number of carbonyl (C=O) groups excluding carboxylic acids is 1. The third-order valence-corrected chi connectivity index (χ3v) is 6.50. The first-order chi connectivity index (χ1) is 12.0. The predicted molar refractivity (Wildman–Crippen MR) is 81.9 cm³/mol. The normalized spacial score (nSPS) is 24.2. The third-order valence-electron chi connectivity index (χ3n) is 4.67. The molecule has 11 heteroatoms. The third kappa shape index (κ3) is 3.16. The van der Waals surface area contributed by atoms with Crippen LogP contribution in [0.25, 0.3) is 0 Å². The van der Waals surface area contributed by atoms with E-state index in [-0.39, 0.29) is 10.5 Å². The van der Waals surface area contributed by atoms with Crippen molar-refractivity contribution in [2.24, 2.45) is 11.8 Å². The minimum absolute atomic E-state index is 0.152. The van der Waals surface area contributed by atoms with Crippen molar-refractivity contribution >= 4 is 21.9 Å². The number of carboxylic acids is 1. The second-order valence-electron chi connectivity index (χ2n) is 6.24. The maximum absolute atomic E-state index is 13.1. The molecule has 3 rings (SSSR count). The number of sulfonamides is 1. The van der Waals surface area contributed by atoms with Gasteiger partial charge in [-0.1, -0.05) is 6.07 Å². The molecule has 0 aromatic heterocycles. The van der Waals surface area contributed by atoms with Gasteiger partial charge in [0.2, 0.25) is 10.0 Å². The molecule has 1 saturated heterocycles. The predicted octanol–water partition coefficient (Wildman–Crippen LogP) is 0.856. The lowest BCUT2D eigenvalue weighted by Gasteiger charge is -2.20. The van der Waals surface area contributed by atoms with Gasteiger partial charge in [-0.2, -0.15) is 17.5 Å². The Morgan fingerprint density at radius 3 is 2.54 bits per heavy atom. The van der Waals surface area contributed by atoms with E-state index >= 15 is 0 Å². The van der Waals surface area contributed by atoms with Gasteiger partial charge in [0.15, 0.2) is 0 Å². The van der Waals surface area contributed by atoms with Crippen molar-refractivity contribution in [1.29, 1.82) is 0 Å². The molecule has 1 fully saturated rings. The molecule has 2 heterocycles. The fourth-order valence-electron chi connectivity index (χ4n) is 3.25. The van der Waals surface area contributed by atoms with Crippen molar-refractivity contribution in [2.75, 3.05) is 19.6 Å². The van der Waals surface area contributed by atoms with Gasteiger partial charge in [0.1, 0.15) is 0 Å². The average Bonchev–Trinajstić information content (AvgIpc) is 3.01. The highest BCUT2D eigenvalue weighted by atomic mass is 32.2. The van der Waals surface area contributed by atoms with E-state index in [1.807, 2.05) is 0 Å². The van der Waals surface area contributed by atoms with Gasteiger partial charge in [0.05, 0.1) is 16.7 Å². The van der Waals surface area contributed by atoms with Crippen molar-refractivity contribution in [3.05, 3.63) is 29.3 Å². The number of hydrogen-bond donors (Lipinski definition) is 2. The van der Waals surface area contributed by atoms with Crippen molar-refractivity contribution in [2.45, 2.75) is 17.5 Å². The molecule has 1 aromatic rings. The lowest BCUT2D eigenvalue weighted by molar-refractivity contribution is -0.187. The van der Waals surface area contributed by atoms with Gasteiger partial charge in [0.25, 0.3) is 5.91 Å². The zero-order chi connectivity index (χ0) is 19.3. The molecule has 7 nitrogen and oxygen atoms in total. The molecule has 0 radical (unpaired) electrons. The van der Waals surface area contributed by atoms with Gasteiger partial charge >= 0.3 is 12.1 Å². The maximum Gasteiger partial charge on any atom is 0.393 e. The van der Waals surface area contributed by atoms with Crippen molar-refractivity contribution < 1.29 is 36.3 Å². The van der Waals surface area contributed by atoms with Crippen LogP contribution >= 0.6 is 0 Å². The molecule has 0 bridgehead atoms. The number of carboxylic acid groups (broad SMARTS) is 1. The van der Waals surface area contributed by atoms with Crippen molar-refractivity contribution in [3.63, 3.8) is 0 Å². The van der Waals surface area contributed by atoms with Gasteiger partial charge in [0, 0.05) is 25.2 Å². The van der Waals surface area contributed by atoms with E-state index in [0.29, 0.717) is 22.8 Å². The number of carbonyl (C=O) groups is 2. The van der Waals surface area contributed by atoms with Crippen LogP contribution in [0.4, 0.5) is 13.2 Å². The summed E-state index contributed by atoms with van der Waals surface area (Å²) in [4.78, 5) is 22.7. The number of halogens is 3. The lowest BCUT2D eigenvalue weighted by atomic mass is 9.96. The SMILES string of the molecule is O=C1NCCc2ccc(S(=O)(=O)N3C[C@@H](C(F)(F)F)[C@H](C(=O)O)C3)cc21. The van der Waals surface area contributed by atoms with Gasteiger partial charge < -0.3 is 10.4 Å². The van der Waals surface area contributed by atoms with Crippen LogP contribution in [0.2, 0.25) is 0 Å². The molecule has 2 N–H and O–H groups in total. The Balaban J connectivity index is 1.95. The molecule has 1 aromatic carbocycles. The monoisotopic (exact) mass is 392 g/mol. The van der Waals surface area contributed by atoms with E-state index in [9.17, 15) is 31.2 Å². The van der Waals surface area contributed by atoms with E-state index < -0.39 is 53.0 Å². The van der Waals surface area contributed by atoms with Gasteiger partial charge in [-0.25, -0.2) is 8.42 Å². The first-order valence-electron chi connectivity index (χ1n) is 7.72. The van der Waals surface area contributed by atoms with Crippen LogP contribution in [0.5, 0.6) is 0 Å². The molecule has 1 amide bonds. The zero-order valence-electron chi connectivity index (χ0n) is 13.3. The topological polar surface area (TPSA) is 104 Å². The molecule has 2 aliphatic rings. The Bertz CT molecular complexity index is 869. The standard InChI is InChI=1S/C15H15F3N2O5S/c16-15(17,18)12-7-20(6-11(12)14(22)23)26(24,25)9-2-1-8-3-4-19-13(21)10(8)5-9/h1-2,5,11-12H,3-4,6-7H2,(H,19,21)(H,22,23)/t11-,12-/m1/s1. The van der Waals surface area contributed by atoms with Crippen LogP contribution in [0.3, 0.4) is 0 Å². The number of hydrogen-bond acceptors (Lipinski definition) is 4. The van der Waals surface area contributed by atoms with Gasteiger partial charge in [-0.05, 0) is 24.1 Å². The molecule has 0 spiro atoms. The second kappa shape index (κ2) is 6.23. The summed E-state index contributed by atoms with van der Waals surface area (Å²) in [6.45, 7) is -1.32. The number of rotatable bonds is 3. The van der Waals surface area contributed by atoms with Crippen LogP contribution in [0.1, 0.15) is 15.9 Å². The summed E-state index contributed by atoms with van der Waals surface area (Å²) in [7, 11) is -4.37. The molecule has 2 aliphatic heterocycles. The minimum atomic E-state index is -4.83. The van der Waals surface area contributed by atoms with E-state index in [2.05, 4.69) is 5.32 Å². The molecule has 0 unspecified atom stereocenters. The van der Waals surface area contributed by atoms with Crippen LogP contribution in [-0.2, 0) is 21.2 Å². The van der Waals surface area contributed by atoms with Gasteiger partial charge in [-0.3, -0.25) is 9.59 Å². The summed E-state index contributed by atoms with van der Waals surface area (Å²) in [5, 5.41) is 11.6. The number of nitrogens with one attached hydrogen (secondary N) is 1. The number of amides is 1. The number of fused-ring (bicyclic) bond motifs is 1. The van der Waals surface area contributed by atoms with Crippen LogP contribution in [0.15, 0.2) is 23.1 Å². The fourth-order valence-corrected chi connectivity index (χ4v) is 4.76. The zero-order valence-corrected chi connectivity index (χ0v) is 14.1. The van der Waals surface area contributed by atoms with Crippen LogP contribution in [0, 0.1) is 11.8 Å². The number of aliphatic carboxylic acids is 1. The van der Waals surface area contributed by atoms with Crippen LogP contribution in [-0.4, -0.2) is 55.5 Å². The van der Waals surface area contributed by atoms with E-state index in [1.54, 1.807) is 0 Å². The summed E-state index contributed by atoms with van der Waals surface area (Å²) in [6, 6.07) is 3.80. The Morgan fingerprint density at radius 1 is 1.27 bits per heavy atom. The number of nitrogens with zero attached hydrogens (tertiary/aromatic N) is 1. The molecule has 0 saturated carbocycles. The highest BCUT2D eigenvalue weighted by Gasteiger charge is 2.55. The average molecular weight is 392 g/mol. The molecule has 142 valence electrons. The molecular weight excluding hydrogens is 377 g/mol. The summed E-state index contributed by atoms with van der Waals surface area (Å²) < 4.78 is 65.1. The Kier molecular flexibility index (Phi) is 4.47. The Hall–Kier alpha value is -2.14. The highest BCUT2D eigenvalue weighted by Crippen LogP contribution is 2.39. The molecular formula is C15H15F3N2O5S. The quantitative estimate of drug-likeness (QED) is 0.794. The first kappa shape index (κ1) is 18.6. The molecule has 2 atom stereocenters. The summed E-state index contributed by atoms with van der Waals surface area (Å²) >= 11 is 0. The largest absolute Gasteiger partial charge is 0.481 e. The van der Waals surface area contributed by atoms with E-state index in [4.69, 9.17) is 5.11 Å². The summed E-state index contributed by atoms with van der Waals surface area (Å²) in [5.74, 6) is -6.31. The minimum Gasteiger partial charge on any atom is -0.481 e. The van der Waals surface area contributed by atoms with Crippen LogP contribution < -0.4 is 5.32 Å². The highest BCUT2D eigenvalue weighted by molar-refractivity contribution is 7.89. The first-order valence-corrected chi connectivity index (χ1v) is 9.16. The van der Waals surface area contributed by atoms with Gasteiger partial charge in [-0.15, -0.1) is 0 Å².